The largest absolute Gasteiger partial charge is 0.489 e. The first-order chi connectivity index (χ1) is 11.1. The molecule has 2 rings (SSSR count). The van der Waals surface area contributed by atoms with Gasteiger partial charge in [-0.25, -0.2) is 0 Å². The van der Waals surface area contributed by atoms with Crippen molar-refractivity contribution >= 4 is 16.9 Å². The summed E-state index contributed by atoms with van der Waals surface area (Å²) in [5.74, 6) is 0.666. The minimum Gasteiger partial charge on any atom is -0.489 e. The van der Waals surface area contributed by atoms with Crippen LogP contribution in [-0.2, 0) is 11.4 Å². The summed E-state index contributed by atoms with van der Waals surface area (Å²) in [6, 6.07) is 16.8. The molecular weight excluding hydrogens is 312 g/mol. The van der Waals surface area contributed by atoms with E-state index in [1.165, 1.54) is 6.92 Å². The van der Waals surface area contributed by atoms with E-state index in [4.69, 9.17) is 4.74 Å². The molecule has 2 aromatic carbocycles. The highest BCUT2D eigenvalue weighted by Gasteiger charge is 2.22. The molecule has 122 valence electrons. The normalized spacial score (nSPS) is 13.3. The van der Waals surface area contributed by atoms with E-state index in [-0.39, 0.29) is 10.9 Å². The highest BCUT2D eigenvalue weighted by Crippen LogP contribution is 2.29. The Hall–Kier alpha value is -1.82. The molecule has 0 aliphatic rings. The molecule has 0 radical (unpaired) electrons. The van der Waals surface area contributed by atoms with Gasteiger partial charge in [-0.05, 0) is 11.6 Å². The number of benzene rings is 2. The smallest absolute Gasteiger partial charge is 0.185 e. The molecule has 5 heteroatoms. The summed E-state index contributed by atoms with van der Waals surface area (Å²) < 4.78 is 5.78. The topological polar surface area (TPSA) is 66.8 Å². The Labute approximate surface area is 140 Å². The van der Waals surface area contributed by atoms with Crippen LogP contribution in [0.15, 0.2) is 54.6 Å². The number of hydrogen-bond acceptors (Lipinski definition) is 5. The monoisotopic (exact) mass is 332 g/mol. The second-order valence-corrected chi connectivity index (χ2v) is 6.32. The van der Waals surface area contributed by atoms with Gasteiger partial charge in [-0.2, -0.15) is 0 Å². The van der Waals surface area contributed by atoms with Gasteiger partial charge in [0, 0.05) is 18.2 Å². The third-order valence-corrected chi connectivity index (χ3v) is 4.21. The van der Waals surface area contributed by atoms with Crippen molar-refractivity contribution in [1.29, 1.82) is 0 Å². The highest BCUT2D eigenvalue weighted by molar-refractivity contribution is 8.13. The average Bonchev–Trinajstić information content (AvgIpc) is 2.58. The Morgan fingerprint density at radius 1 is 1.09 bits per heavy atom. The van der Waals surface area contributed by atoms with E-state index in [2.05, 4.69) is 0 Å². The van der Waals surface area contributed by atoms with Gasteiger partial charge >= 0.3 is 0 Å². The predicted molar refractivity (Wildman–Crippen MR) is 91.3 cm³/mol. The number of carbonyl (C=O) groups excluding carboxylic acids is 1. The third kappa shape index (κ3) is 5.39. The maximum absolute atomic E-state index is 11.0. The van der Waals surface area contributed by atoms with E-state index in [1.807, 2.05) is 36.4 Å². The summed E-state index contributed by atoms with van der Waals surface area (Å²) in [7, 11) is 0. The second-order valence-electron chi connectivity index (χ2n) is 5.13. The van der Waals surface area contributed by atoms with Gasteiger partial charge in [0.2, 0.25) is 0 Å². The SMILES string of the molecule is CC(=O)SCC(O)C(O)c1ccccc1OCc1ccccc1. The van der Waals surface area contributed by atoms with Gasteiger partial charge in [-0.1, -0.05) is 60.3 Å². The molecule has 2 aromatic rings. The summed E-state index contributed by atoms with van der Waals surface area (Å²) in [6.07, 6.45) is -2.14. The molecule has 0 bridgehead atoms. The van der Waals surface area contributed by atoms with Gasteiger partial charge in [0.1, 0.15) is 18.5 Å². The number of para-hydroxylation sites is 1. The lowest BCUT2D eigenvalue weighted by molar-refractivity contribution is -0.109. The standard InChI is InChI=1S/C18H20O4S/c1-13(19)23-12-16(20)18(21)15-9-5-6-10-17(15)22-11-14-7-3-2-4-8-14/h2-10,16,18,20-21H,11-12H2,1H3. The summed E-state index contributed by atoms with van der Waals surface area (Å²) >= 11 is 0.989. The van der Waals surface area contributed by atoms with Crippen LogP contribution < -0.4 is 4.74 Å². The van der Waals surface area contributed by atoms with Gasteiger partial charge in [0.05, 0.1) is 6.10 Å². The lowest BCUT2D eigenvalue weighted by Gasteiger charge is -2.20. The van der Waals surface area contributed by atoms with Crippen molar-refractivity contribution in [2.75, 3.05) is 5.75 Å². The summed E-state index contributed by atoms with van der Waals surface area (Å²) in [6.45, 7) is 1.81. The zero-order chi connectivity index (χ0) is 16.7. The highest BCUT2D eigenvalue weighted by atomic mass is 32.2. The molecule has 0 spiro atoms. The molecule has 0 fully saturated rings. The third-order valence-electron chi connectivity index (χ3n) is 3.30. The van der Waals surface area contributed by atoms with Crippen LogP contribution in [0.4, 0.5) is 0 Å². The fourth-order valence-corrected chi connectivity index (χ4v) is 2.68. The van der Waals surface area contributed by atoms with Gasteiger partial charge < -0.3 is 14.9 Å². The Kier molecular flexibility index (Phi) is 6.65. The minimum absolute atomic E-state index is 0.0927. The van der Waals surface area contributed by atoms with Crippen molar-refractivity contribution in [2.45, 2.75) is 25.7 Å². The van der Waals surface area contributed by atoms with E-state index in [0.717, 1.165) is 17.3 Å². The molecule has 0 aliphatic carbocycles. The van der Waals surface area contributed by atoms with Crippen LogP contribution in [-0.4, -0.2) is 27.2 Å². The molecular formula is C18H20O4S. The van der Waals surface area contributed by atoms with Gasteiger partial charge in [-0.3, -0.25) is 4.79 Å². The maximum atomic E-state index is 11.0. The van der Waals surface area contributed by atoms with Crippen molar-refractivity contribution in [3.63, 3.8) is 0 Å². The van der Waals surface area contributed by atoms with Crippen molar-refractivity contribution in [3.8, 4) is 5.75 Å². The summed E-state index contributed by atoms with van der Waals surface area (Å²) in [5.41, 5.74) is 1.53. The number of thioether (sulfide) groups is 1. The van der Waals surface area contributed by atoms with Crippen molar-refractivity contribution in [2.24, 2.45) is 0 Å². The van der Waals surface area contributed by atoms with Gasteiger partial charge in [0.25, 0.3) is 0 Å². The van der Waals surface area contributed by atoms with Crippen LogP contribution in [0.5, 0.6) is 5.75 Å². The van der Waals surface area contributed by atoms with Crippen molar-refractivity contribution in [1.82, 2.24) is 0 Å². The van der Waals surface area contributed by atoms with Crippen LogP contribution in [0.1, 0.15) is 24.2 Å². The van der Waals surface area contributed by atoms with Crippen LogP contribution >= 0.6 is 11.8 Å². The zero-order valence-electron chi connectivity index (χ0n) is 12.9. The first kappa shape index (κ1) is 17.5. The van der Waals surface area contributed by atoms with Crippen LogP contribution in [0.25, 0.3) is 0 Å². The number of rotatable bonds is 7. The second kappa shape index (κ2) is 8.72. The molecule has 2 unspecified atom stereocenters. The van der Waals surface area contributed by atoms with E-state index in [0.29, 0.717) is 17.9 Å². The van der Waals surface area contributed by atoms with Crippen molar-refractivity contribution < 1.29 is 19.7 Å². The van der Waals surface area contributed by atoms with Crippen LogP contribution in [0.2, 0.25) is 0 Å². The molecule has 0 aliphatic heterocycles. The van der Waals surface area contributed by atoms with E-state index in [9.17, 15) is 15.0 Å². The lowest BCUT2D eigenvalue weighted by Crippen LogP contribution is -2.22. The molecule has 0 saturated heterocycles. The fourth-order valence-electron chi connectivity index (χ4n) is 2.09. The first-order valence-corrected chi connectivity index (χ1v) is 8.31. The Bertz CT molecular complexity index is 630. The number of aliphatic hydroxyl groups excluding tert-OH is 2. The van der Waals surface area contributed by atoms with Crippen LogP contribution in [0.3, 0.4) is 0 Å². The summed E-state index contributed by atoms with van der Waals surface area (Å²) in [5, 5.41) is 20.3. The molecule has 0 amide bonds. The average molecular weight is 332 g/mol. The molecule has 0 heterocycles. The van der Waals surface area contributed by atoms with Crippen LogP contribution in [0, 0.1) is 0 Å². The molecule has 0 aromatic heterocycles. The quantitative estimate of drug-likeness (QED) is 0.816. The minimum atomic E-state index is -1.10. The number of hydrogen-bond donors (Lipinski definition) is 2. The molecule has 2 atom stereocenters. The van der Waals surface area contributed by atoms with Gasteiger partial charge in [0.15, 0.2) is 5.12 Å². The Balaban J connectivity index is 2.05. The molecule has 23 heavy (non-hydrogen) atoms. The Morgan fingerprint density at radius 2 is 1.74 bits per heavy atom. The molecule has 4 nitrogen and oxygen atoms in total. The Morgan fingerprint density at radius 3 is 2.43 bits per heavy atom. The van der Waals surface area contributed by atoms with E-state index < -0.39 is 12.2 Å². The molecule has 0 saturated carbocycles. The number of carbonyl (C=O) groups is 1. The fraction of sp³-hybridized carbons (Fsp3) is 0.278. The zero-order valence-corrected chi connectivity index (χ0v) is 13.7. The predicted octanol–water partition coefficient (Wildman–Crippen LogP) is 2.94. The maximum Gasteiger partial charge on any atom is 0.185 e. The van der Waals surface area contributed by atoms with Crippen molar-refractivity contribution in [3.05, 3.63) is 65.7 Å². The first-order valence-electron chi connectivity index (χ1n) is 7.33. The molecule has 2 N–H and O–H groups in total. The lowest BCUT2D eigenvalue weighted by atomic mass is 10.0. The summed E-state index contributed by atoms with van der Waals surface area (Å²) in [4.78, 5) is 11.0. The number of ether oxygens (including phenoxy) is 1. The van der Waals surface area contributed by atoms with Gasteiger partial charge in [-0.15, -0.1) is 0 Å². The van der Waals surface area contributed by atoms with E-state index >= 15 is 0 Å². The van der Waals surface area contributed by atoms with E-state index in [1.54, 1.807) is 18.2 Å². The number of aliphatic hydroxyl groups is 2.